The highest BCUT2D eigenvalue weighted by molar-refractivity contribution is 5.76. The van der Waals surface area contributed by atoms with Gasteiger partial charge in [0.25, 0.3) is 0 Å². The summed E-state index contributed by atoms with van der Waals surface area (Å²) in [6.45, 7) is 1.65. The second kappa shape index (κ2) is 9.68. The lowest BCUT2D eigenvalue weighted by Crippen LogP contribution is -2.33. The monoisotopic (exact) mass is 368 g/mol. The molecule has 1 aromatic rings. The molecule has 3 atom stereocenters. The van der Waals surface area contributed by atoms with Crippen molar-refractivity contribution in [1.82, 2.24) is 9.55 Å². The molecular weight excluding hydrogens is 340 g/mol. The normalized spacial score (nSPS) is 18.4. The molecule has 1 heterocycles. The quantitative estimate of drug-likeness (QED) is 0.631. The van der Waals surface area contributed by atoms with Crippen LogP contribution in [0.5, 0.6) is 0 Å². The zero-order chi connectivity index (χ0) is 19.1. The molecule has 1 aliphatic rings. The fourth-order valence-electron chi connectivity index (χ4n) is 3.26. The molecule has 0 radical (unpaired) electrons. The van der Waals surface area contributed by atoms with Gasteiger partial charge in [0.05, 0.1) is 18.1 Å². The second-order valence-corrected chi connectivity index (χ2v) is 6.87. The lowest BCUT2D eigenvalue weighted by molar-refractivity contribution is -0.166. The van der Waals surface area contributed by atoms with Crippen molar-refractivity contribution in [2.45, 2.75) is 57.3 Å². The molecule has 0 saturated heterocycles. The molecule has 0 spiro atoms. The minimum Gasteiger partial charge on any atom is -0.479 e. The van der Waals surface area contributed by atoms with Crippen molar-refractivity contribution in [2.75, 3.05) is 13.7 Å². The SMILES string of the molecule is CO[C@H](C(=O)OCC(C)O[C@@H](CC1CCCC1)C(=O)O)c1cn(C)cn1. The predicted octanol–water partition coefficient (Wildman–Crippen LogP) is 2.09. The lowest BCUT2D eigenvalue weighted by Gasteiger charge is -2.22. The van der Waals surface area contributed by atoms with Gasteiger partial charge in [-0.25, -0.2) is 14.6 Å². The number of carbonyl (C=O) groups is 2. The number of ether oxygens (including phenoxy) is 3. The Bertz CT molecular complexity index is 596. The van der Waals surface area contributed by atoms with Crippen LogP contribution in [-0.4, -0.2) is 52.5 Å². The van der Waals surface area contributed by atoms with Crippen LogP contribution in [0, 0.1) is 5.92 Å². The summed E-state index contributed by atoms with van der Waals surface area (Å²) in [7, 11) is 3.20. The molecule has 1 unspecified atom stereocenters. The van der Waals surface area contributed by atoms with Crippen LogP contribution in [0.25, 0.3) is 0 Å². The summed E-state index contributed by atoms with van der Waals surface area (Å²) in [5, 5.41) is 9.37. The van der Waals surface area contributed by atoms with Gasteiger partial charge in [-0.2, -0.15) is 0 Å². The van der Waals surface area contributed by atoms with Crippen LogP contribution in [0.2, 0.25) is 0 Å². The highest BCUT2D eigenvalue weighted by Gasteiger charge is 2.29. The van der Waals surface area contributed by atoms with E-state index in [4.69, 9.17) is 14.2 Å². The van der Waals surface area contributed by atoms with Crippen LogP contribution in [0.4, 0.5) is 0 Å². The van der Waals surface area contributed by atoms with Crippen molar-refractivity contribution in [2.24, 2.45) is 13.0 Å². The fourth-order valence-corrected chi connectivity index (χ4v) is 3.26. The number of aromatic nitrogens is 2. The van der Waals surface area contributed by atoms with Crippen LogP contribution in [0.15, 0.2) is 12.5 Å². The molecule has 0 aliphatic heterocycles. The number of aryl methyl sites for hydroxylation is 1. The summed E-state index contributed by atoms with van der Waals surface area (Å²) in [6, 6.07) is 0. The summed E-state index contributed by atoms with van der Waals surface area (Å²) >= 11 is 0. The van der Waals surface area contributed by atoms with Gasteiger partial charge in [-0.1, -0.05) is 25.7 Å². The maximum atomic E-state index is 12.2. The molecule has 0 amide bonds. The molecule has 8 heteroatoms. The number of aliphatic carboxylic acids is 1. The number of esters is 1. The molecule has 26 heavy (non-hydrogen) atoms. The summed E-state index contributed by atoms with van der Waals surface area (Å²) in [5.74, 6) is -1.16. The number of carbonyl (C=O) groups excluding carboxylic acids is 1. The maximum Gasteiger partial charge on any atom is 0.341 e. The molecular formula is C18H28N2O6. The average Bonchev–Trinajstić information content (AvgIpc) is 3.25. The maximum absolute atomic E-state index is 12.2. The molecule has 8 nitrogen and oxygen atoms in total. The van der Waals surface area contributed by atoms with Gasteiger partial charge in [-0.05, 0) is 19.3 Å². The Morgan fingerprint density at radius 2 is 2.08 bits per heavy atom. The molecule has 1 saturated carbocycles. The van der Waals surface area contributed by atoms with Gasteiger partial charge in [0.15, 0.2) is 12.2 Å². The van der Waals surface area contributed by atoms with E-state index in [1.54, 1.807) is 31.1 Å². The number of imidazole rings is 1. The minimum atomic E-state index is -0.974. The largest absolute Gasteiger partial charge is 0.479 e. The number of carboxylic acids is 1. The molecule has 0 aromatic carbocycles. The summed E-state index contributed by atoms with van der Waals surface area (Å²) in [4.78, 5) is 27.8. The highest BCUT2D eigenvalue weighted by atomic mass is 16.6. The Hall–Kier alpha value is -1.93. The zero-order valence-corrected chi connectivity index (χ0v) is 15.6. The van der Waals surface area contributed by atoms with Crippen molar-refractivity contribution in [1.29, 1.82) is 0 Å². The van der Waals surface area contributed by atoms with E-state index in [1.807, 2.05) is 0 Å². The Labute approximate surface area is 153 Å². The number of methoxy groups -OCH3 is 1. The Kier molecular flexibility index (Phi) is 7.59. The van der Waals surface area contributed by atoms with Crippen molar-refractivity contribution < 1.29 is 28.9 Å². The first kappa shape index (κ1) is 20.4. The smallest absolute Gasteiger partial charge is 0.341 e. The van der Waals surface area contributed by atoms with E-state index in [0.29, 0.717) is 18.0 Å². The Balaban J connectivity index is 1.82. The van der Waals surface area contributed by atoms with E-state index in [9.17, 15) is 14.7 Å². The first-order valence-corrected chi connectivity index (χ1v) is 8.96. The molecule has 1 aromatic heterocycles. The first-order valence-electron chi connectivity index (χ1n) is 8.96. The topological polar surface area (TPSA) is 99.9 Å². The first-order chi connectivity index (χ1) is 12.4. The van der Waals surface area contributed by atoms with Gasteiger partial charge in [0, 0.05) is 20.4 Å². The Morgan fingerprint density at radius 1 is 1.38 bits per heavy atom. The average molecular weight is 368 g/mol. The van der Waals surface area contributed by atoms with Crippen LogP contribution in [0.3, 0.4) is 0 Å². The van der Waals surface area contributed by atoms with Gasteiger partial charge in [0.2, 0.25) is 0 Å². The van der Waals surface area contributed by atoms with E-state index >= 15 is 0 Å². The van der Waals surface area contributed by atoms with Gasteiger partial charge in [-0.3, -0.25) is 0 Å². The lowest BCUT2D eigenvalue weighted by atomic mass is 10.00. The third-order valence-electron chi connectivity index (χ3n) is 4.60. The summed E-state index contributed by atoms with van der Waals surface area (Å²) < 4.78 is 17.7. The third-order valence-corrected chi connectivity index (χ3v) is 4.60. The molecule has 0 bridgehead atoms. The van der Waals surface area contributed by atoms with Gasteiger partial charge < -0.3 is 23.9 Å². The Morgan fingerprint density at radius 3 is 2.62 bits per heavy atom. The number of carboxylic acid groups (broad SMARTS) is 1. The number of rotatable bonds is 10. The van der Waals surface area contributed by atoms with Gasteiger partial charge >= 0.3 is 11.9 Å². The standard InChI is InChI=1S/C18H28N2O6/c1-12(26-15(17(21)22)8-13-6-4-5-7-13)10-25-18(23)16(24-3)14-9-20(2)11-19-14/h9,11-13,15-16H,4-8,10H2,1-3H3,(H,21,22)/t12?,15-,16-/m0/s1. The minimum absolute atomic E-state index is 0.0417. The van der Waals surface area contributed by atoms with Crippen molar-refractivity contribution >= 4 is 11.9 Å². The number of hydrogen-bond donors (Lipinski definition) is 1. The highest BCUT2D eigenvalue weighted by Crippen LogP contribution is 2.29. The summed E-state index contributed by atoms with van der Waals surface area (Å²) in [5.41, 5.74) is 0.457. The predicted molar refractivity (Wildman–Crippen MR) is 92.5 cm³/mol. The van der Waals surface area contributed by atoms with E-state index in [-0.39, 0.29) is 6.61 Å². The van der Waals surface area contributed by atoms with E-state index < -0.39 is 30.3 Å². The second-order valence-electron chi connectivity index (χ2n) is 6.87. The van der Waals surface area contributed by atoms with Crippen LogP contribution in [0.1, 0.15) is 50.8 Å². The zero-order valence-electron chi connectivity index (χ0n) is 15.6. The van der Waals surface area contributed by atoms with E-state index in [0.717, 1.165) is 25.7 Å². The molecule has 2 rings (SSSR count). The van der Waals surface area contributed by atoms with Crippen molar-refractivity contribution in [3.8, 4) is 0 Å². The number of nitrogens with zero attached hydrogens (tertiary/aromatic N) is 2. The van der Waals surface area contributed by atoms with E-state index in [1.165, 1.54) is 7.11 Å². The molecule has 1 aliphatic carbocycles. The number of hydrogen-bond acceptors (Lipinski definition) is 6. The molecule has 1 N–H and O–H groups in total. The van der Waals surface area contributed by atoms with Crippen LogP contribution in [-0.2, 0) is 30.8 Å². The van der Waals surface area contributed by atoms with Crippen LogP contribution < -0.4 is 0 Å². The van der Waals surface area contributed by atoms with Gasteiger partial charge in [-0.15, -0.1) is 0 Å². The molecule has 1 fully saturated rings. The van der Waals surface area contributed by atoms with Gasteiger partial charge in [0.1, 0.15) is 6.61 Å². The van der Waals surface area contributed by atoms with Crippen molar-refractivity contribution in [3.63, 3.8) is 0 Å². The third kappa shape index (κ3) is 5.81. The van der Waals surface area contributed by atoms with E-state index in [2.05, 4.69) is 4.98 Å². The van der Waals surface area contributed by atoms with Crippen molar-refractivity contribution in [3.05, 3.63) is 18.2 Å². The summed E-state index contributed by atoms with van der Waals surface area (Å²) in [6.07, 6.45) is 5.83. The molecule has 146 valence electrons. The fraction of sp³-hybridized carbons (Fsp3) is 0.722. The van der Waals surface area contributed by atoms with Crippen LogP contribution >= 0.6 is 0 Å².